The maximum atomic E-state index is 14.6. The van der Waals surface area contributed by atoms with Gasteiger partial charge in [0.15, 0.2) is 0 Å². The molecule has 1 saturated heterocycles. The van der Waals surface area contributed by atoms with Crippen LogP contribution in [-0.2, 0) is 43.3 Å². The minimum Gasteiger partial charge on any atom is -0.491 e. The Hall–Kier alpha value is -4.81. The molecule has 2 aromatic carbocycles. The predicted molar refractivity (Wildman–Crippen MR) is 184 cm³/mol. The molecule has 5 amide bonds. The number of carbonyl (C=O) groups excluding carboxylic acids is 5. The Kier molecular flexibility index (Phi) is 10.9. The molecule has 1 fully saturated rings. The Balaban J connectivity index is 1.50. The van der Waals surface area contributed by atoms with E-state index in [1.54, 1.807) is 37.8 Å². The molecular weight excluding hydrogens is 642 g/mol. The predicted octanol–water partition coefficient (Wildman–Crippen LogP) is 3.28. The summed E-state index contributed by atoms with van der Waals surface area (Å²) in [5.74, 6) is -0.475. The van der Waals surface area contributed by atoms with Crippen molar-refractivity contribution in [3.05, 3.63) is 65.2 Å². The van der Waals surface area contributed by atoms with E-state index >= 15 is 0 Å². The maximum absolute atomic E-state index is 14.6. The molecule has 2 N–H and O–H groups in total. The van der Waals surface area contributed by atoms with Crippen LogP contribution in [-0.4, -0.2) is 108 Å². The van der Waals surface area contributed by atoms with Gasteiger partial charge in [-0.1, -0.05) is 49.4 Å². The Morgan fingerprint density at radius 2 is 1.72 bits per heavy atom. The van der Waals surface area contributed by atoms with Crippen LogP contribution in [0, 0.1) is 5.92 Å². The van der Waals surface area contributed by atoms with Crippen molar-refractivity contribution in [2.75, 3.05) is 40.3 Å². The summed E-state index contributed by atoms with van der Waals surface area (Å²) < 4.78 is 17.5. The lowest BCUT2D eigenvalue weighted by Gasteiger charge is -2.41. The molecule has 13 nitrogen and oxygen atoms in total. The van der Waals surface area contributed by atoms with Crippen molar-refractivity contribution in [1.82, 2.24) is 25.3 Å². The molecule has 3 aliphatic rings. The number of alkyl carbamates (subject to hydrolysis) is 2. The summed E-state index contributed by atoms with van der Waals surface area (Å²) >= 11 is 0. The average Bonchev–Trinajstić information content (AvgIpc) is 3.44. The van der Waals surface area contributed by atoms with Gasteiger partial charge >= 0.3 is 12.2 Å². The highest BCUT2D eigenvalue weighted by Crippen LogP contribution is 2.37. The Morgan fingerprint density at radius 1 is 0.980 bits per heavy atom. The van der Waals surface area contributed by atoms with Crippen molar-refractivity contribution in [2.45, 2.75) is 83.2 Å². The second-order valence-electron chi connectivity index (χ2n) is 14.8. The molecule has 2 bridgehead atoms. The van der Waals surface area contributed by atoms with E-state index in [0.717, 1.165) is 23.1 Å². The van der Waals surface area contributed by atoms with Crippen molar-refractivity contribution in [3.8, 4) is 5.75 Å². The highest BCUT2D eigenvalue weighted by molar-refractivity contribution is 5.93. The molecule has 50 heavy (non-hydrogen) atoms. The first kappa shape index (κ1) is 36.5. The number of fused-ring (bicyclic) bond motifs is 2. The molecule has 1 aliphatic carbocycles. The third-order valence-electron chi connectivity index (χ3n) is 9.41. The minimum atomic E-state index is -1.45. The first-order valence-electron chi connectivity index (χ1n) is 17.2. The van der Waals surface area contributed by atoms with Crippen molar-refractivity contribution >= 4 is 29.9 Å². The summed E-state index contributed by atoms with van der Waals surface area (Å²) in [6.07, 6.45) is -0.0503. The number of ether oxygens (including phenoxy) is 3. The highest BCUT2D eigenvalue weighted by Gasteiger charge is 2.47. The summed E-state index contributed by atoms with van der Waals surface area (Å²) in [5.41, 5.74) is 0.265. The highest BCUT2D eigenvalue weighted by atomic mass is 16.6. The fourth-order valence-electron chi connectivity index (χ4n) is 7.01. The van der Waals surface area contributed by atoms with Gasteiger partial charge in [-0.05, 0) is 63.1 Å². The van der Waals surface area contributed by atoms with Gasteiger partial charge in [0.2, 0.25) is 17.7 Å². The van der Waals surface area contributed by atoms with Gasteiger partial charge in [-0.25, -0.2) is 9.59 Å². The molecule has 2 heterocycles. The summed E-state index contributed by atoms with van der Waals surface area (Å²) in [5, 5.41) is 5.53. The van der Waals surface area contributed by atoms with E-state index in [0.29, 0.717) is 18.7 Å². The monoisotopic (exact) mass is 691 g/mol. The zero-order chi connectivity index (χ0) is 36.2. The summed E-state index contributed by atoms with van der Waals surface area (Å²) in [6, 6.07) is 13.3. The fraction of sp³-hybridized carbons (Fsp3) is 0.541. The van der Waals surface area contributed by atoms with Gasteiger partial charge in [-0.3, -0.25) is 14.4 Å². The van der Waals surface area contributed by atoms with Crippen molar-refractivity contribution < 1.29 is 38.2 Å². The number of rotatable bonds is 4. The molecule has 13 heteroatoms. The number of hydrogen-bond donors (Lipinski definition) is 2. The average molecular weight is 692 g/mol. The lowest BCUT2D eigenvalue weighted by molar-refractivity contribution is -0.143. The molecule has 0 spiro atoms. The summed E-state index contributed by atoms with van der Waals surface area (Å²) in [6.45, 7) is 7.52. The first-order valence-corrected chi connectivity index (χ1v) is 17.2. The molecular formula is C37H49N5O8. The van der Waals surface area contributed by atoms with Crippen LogP contribution < -0.4 is 15.4 Å². The third kappa shape index (κ3) is 8.67. The van der Waals surface area contributed by atoms with Gasteiger partial charge in [0, 0.05) is 39.2 Å². The molecule has 4 atom stereocenters. The van der Waals surface area contributed by atoms with Crippen LogP contribution in [0.4, 0.5) is 9.59 Å². The minimum absolute atomic E-state index is 0.0298. The molecule has 5 rings (SSSR count). The van der Waals surface area contributed by atoms with E-state index < -0.39 is 41.2 Å². The van der Waals surface area contributed by atoms with Gasteiger partial charge in [0.25, 0.3) is 0 Å². The van der Waals surface area contributed by atoms with E-state index in [-0.39, 0.29) is 57.0 Å². The fourth-order valence-corrected chi connectivity index (χ4v) is 7.01. The number of amides is 5. The lowest BCUT2D eigenvalue weighted by Crippen LogP contribution is -2.64. The van der Waals surface area contributed by atoms with Gasteiger partial charge in [-0.15, -0.1) is 0 Å². The zero-order valence-electron chi connectivity index (χ0n) is 29.8. The quantitative estimate of drug-likeness (QED) is 0.497. The second-order valence-corrected chi connectivity index (χ2v) is 14.8. The van der Waals surface area contributed by atoms with Gasteiger partial charge in [0.05, 0.1) is 12.6 Å². The zero-order valence-corrected chi connectivity index (χ0v) is 29.8. The molecule has 270 valence electrons. The van der Waals surface area contributed by atoms with E-state index in [9.17, 15) is 24.0 Å². The summed E-state index contributed by atoms with van der Waals surface area (Å²) in [4.78, 5) is 72.9. The number of carbonyl (C=O) groups is 5. The van der Waals surface area contributed by atoms with Crippen LogP contribution in [0.3, 0.4) is 0 Å². The SMILES string of the molecule is C[C@H]1C[C@H]2COc3cccc4c3C[C@@](NC(=O)OC(C)(C)C)(CC4)C(=O)N(C)C[C@H](NC(=O)OCc3ccccc3)C(=O)N(C)CC(=O)N2C1. The Morgan fingerprint density at radius 3 is 2.44 bits per heavy atom. The normalized spacial score (nSPS) is 24.6. The van der Waals surface area contributed by atoms with Gasteiger partial charge < -0.3 is 39.5 Å². The van der Waals surface area contributed by atoms with Crippen LogP contribution in [0.2, 0.25) is 0 Å². The standard InChI is InChI=1S/C37H49N5O8/c1-24-17-27-23-48-30-14-10-13-26-15-16-37(18-28(26)30,39-35(47)50-36(2,3)4)33(45)41(6)20-29(32(44)40(5)21-31(43)42(27)19-24)38-34(46)49-22-25-11-8-7-9-12-25/h7-14,24,27,29H,15-23H2,1-6H3,(H,38,46)(H,39,47)/t24-,27-,29-,37-/m0/s1. The molecule has 0 radical (unpaired) electrons. The second kappa shape index (κ2) is 15.0. The van der Waals surface area contributed by atoms with Crippen molar-refractivity contribution in [1.29, 1.82) is 0 Å². The number of hydrogen-bond acceptors (Lipinski definition) is 8. The number of nitrogens with one attached hydrogen (secondary N) is 2. The van der Waals surface area contributed by atoms with E-state index in [2.05, 4.69) is 17.6 Å². The van der Waals surface area contributed by atoms with Crippen LogP contribution in [0.25, 0.3) is 0 Å². The first-order chi connectivity index (χ1) is 23.6. The molecule has 0 saturated carbocycles. The van der Waals surface area contributed by atoms with Gasteiger partial charge in [-0.2, -0.15) is 0 Å². The Labute approximate surface area is 293 Å². The smallest absolute Gasteiger partial charge is 0.408 e. The lowest BCUT2D eigenvalue weighted by atomic mass is 9.76. The molecule has 0 aromatic heterocycles. The van der Waals surface area contributed by atoms with Crippen LogP contribution in [0.5, 0.6) is 5.75 Å². The van der Waals surface area contributed by atoms with E-state index in [4.69, 9.17) is 14.2 Å². The molecule has 2 aromatic rings. The number of nitrogens with zero attached hydrogens (tertiary/aromatic N) is 3. The molecule has 0 unspecified atom stereocenters. The topological polar surface area (TPSA) is 147 Å². The summed E-state index contributed by atoms with van der Waals surface area (Å²) in [7, 11) is 3.01. The van der Waals surface area contributed by atoms with Gasteiger partial charge in [0.1, 0.15) is 36.1 Å². The Bertz CT molecular complexity index is 1590. The number of aryl methyl sites for hydroxylation is 1. The van der Waals surface area contributed by atoms with Crippen molar-refractivity contribution in [3.63, 3.8) is 0 Å². The maximum Gasteiger partial charge on any atom is 0.408 e. The van der Waals surface area contributed by atoms with Crippen LogP contribution in [0.1, 0.15) is 57.2 Å². The van der Waals surface area contributed by atoms with E-state index in [1.807, 2.05) is 36.4 Å². The number of benzene rings is 2. The van der Waals surface area contributed by atoms with Crippen molar-refractivity contribution in [2.24, 2.45) is 5.92 Å². The van der Waals surface area contributed by atoms with Crippen LogP contribution in [0.15, 0.2) is 48.5 Å². The third-order valence-corrected chi connectivity index (χ3v) is 9.41. The molecule has 2 aliphatic heterocycles. The van der Waals surface area contributed by atoms with Crippen LogP contribution >= 0.6 is 0 Å². The largest absolute Gasteiger partial charge is 0.491 e. The number of likely N-dealkylation sites (N-methyl/N-ethyl adjacent to an activating group) is 2. The van der Waals surface area contributed by atoms with E-state index in [1.165, 1.54) is 23.9 Å².